The van der Waals surface area contributed by atoms with Gasteiger partial charge in [0.1, 0.15) is 11.6 Å². The summed E-state index contributed by atoms with van der Waals surface area (Å²) in [6.45, 7) is 5.51. The molecule has 2 aromatic rings. The number of amides is 2. The second kappa shape index (κ2) is 8.67. The maximum atomic E-state index is 13.5. The summed E-state index contributed by atoms with van der Waals surface area (Å²) in [5.41, 5.74) is 5.90. The van der Waals surface area contributed by atoms with Gasteiger partial charge < -0.3 is 4.74 Å². The van der Waals surface area contributed by atoms with Crippen molar-refractivity contribution in [2.24, 2.45) is 0 Å². The minimum atomic E-state index is -0.748. The summed E-state index contributed by atoms with van der Waals surface area (Å²) in [4.78, 5) is 23.7. The Morgan fingerprint density at radius 3 is 2.54 bits per heavy atom. The number of hydrogen-bond acceptors (Lipinski definition) is 3. The Balaban J connectivity index is 1.94. The molecule has 0 saturated heterocycles. The second-order valence-electron chi connectivity index (χ2n) is 6.06. The van der Waals surface area contributed by atoms with Crippen molar-refractivity contribution in [3.8, 4) is 5.75 Å². The molecule has 138 valence electrons. The highest BCUT2D eigenvalue weighted by molar-refractivity contribution is 6.31. The fourth-order valence-electron chi connectivity index (χ4n) is 2.27. The number of hydrazine groups is 1. The van der Waals surface area contributed by atoms with Gasteiger partial charge in [0.05, 0.1) is 5.56 Å². The van der Waals surface area contributed by atoms with Crippen molar-refractivity contribution in [1.29, 1.82) is 0 Å². The van der Waals surface area contributed by atoms with Gasteiger partial charge in [-0.1, -0.05) is 37.6 Å². The van der Waals surface area contributed by atoms with E-state index in [0.717, 1.165) is 17.2 Å². The number of halogens is 2. The predicted octanol–water partition coefficient (Wildman–Crippen LogP) is 3.75. The highest BCUT2D eigenvalue weighted by Crippen LogP contribution is 2.31. The normalized spacial score (nSPS) is 10.5. The van der Waals surface area contributed by atoms with Gasteiger partial charge >= 0.3 is 0 Å². The summed E-state index contributed by atoms with van der Waals surface area (Å²) in [7, 11) is 0. The molecule has 0 aliphatic heterocycles. The van der Waals surface area contributed by atoms with E-state index in [0.29, 0.717) is 10.8 Å². The molecule has 2 amide bonds. The SMILES string of the molecule is Cc1cc(OCC(=O)NNC(=O)c2ccccc2F)c(C(C)C)cc1Cl. The lowest BCUT2D eigenvalue weighted by molar-refractivity contribution is -0.123. The quantitative estimate of drug-likeness (QED) is 0.778. The molecule has 0 fully saturated rings. The fraction of sp³-hybridized carbons (Fsp3) is 0.263. The number of nitrogens with one attached hydrogen (secondary N) is 2. The molecule has 0 bridgehead atoms. The fourth-order valence-corrected chi connectivity index (χ4v) is 2.44. The molecule has 0 saturated carbocycles. The number of benzene rings is 2. The van der Waals surface area contributed by atoms with Crippen molar-refractivity contribution in [2.75, 3.05) is 6.61 Å². The Morgan fingerprint density at radius 1 is 1.19 bits per heavy atom. The molecule has 0 spiro atoms. The minimum absolute atomic E-state index is 0.159. The van der Waals surface area contributed by atoms with Crippen LogP contribution in [-0.4, -0.2) is 18.4 Å². The van der Waals surface area contributed by atoms with Gasteiger partial charge in [-0.05, 0) is 48.2 Å². The molecule has 0 atom stereocenters. The van der Waals surface area contributed by atoms with Crippen molar-refractivity contribution in [3.63, 3.8) is 0 Å². The molecule has 0 aliphatic carbocycles. The van der Waals surface area contributed by atoms with Crippen LogP contribution in [0.1, 0.15) is 41.3 Å². The molecule has 0 heterocycles. The lowest BCUT2D eigenvalue weighted by Gasteiger charge is -2.16. The van der Waals surface area contributed by atoms with Gasteiger partial charge in [-0.15, -0.1) is 0 Å². The van der Waals surface area contributed by atoms with Crippen LogP contribution in [0.3, 0.4) is 0 Å². The summed E-state index contributed by atoms with van der Waals surface area (Å²) in [6.07, 6.45) is 0. The monoisotopic (exact) mass is 378 g/mol. The first-order valence-corrected chi connectivity index (χ1v) is 8.44. The molecule has 2 N–H and O–H groups in total. The Labute approximate surface area is 156 Å². The molecule has 2 rings (SSSR count). The summed E-state index contributed by atoms with van der Waals surface area (Å²) in [5.74, 6) is -1.28. The molecular weight excluding hydrogens is 359 g/mol. The second-order valence-corrected chi connectivity index (χ2v) is 6.47. The zero-order chi connectivity index (χ0) is 19.3. The Hall–Kier alpha value is -2.60. The van der Waals surface area contributed by atoms with Crippen molar-refractivity contribution >= 4 is 23.4 Å². The van der Waals surface area contributed by atoms with Gasteiger partial charge in [0.25, 0.3) is 11.8 Å². The van der Waals surface area contributed by atoms with Crippen LogP contribution in [-0.2, 0) is 4.79 Å². The average molecular weight is 379 g/mol. The Bertz CT molecular complexity index is 824. The van der Waals surface area contributed by atoms with Crippen molar-refractivity contribution < 1.29 is 18.7 Å². The van der Waals surface area contributed by atoms with Gasteiger partial charge in [-0.25, -0.2) is 4.39 Å². The third kappa shape index (κ3) is 4.95. The largest absolute Gasteiger partial charge is 0.483 e. The summed E-state index contributed by atoms with van der Waals surface area (Å²) < 4.78 is 19.1. The lowest BCUT2D eigenvalue weighted by atomic mass is 10.0. The molecule has 0 aromatic heterocycles. The van der Waals surface area contributed by atoms with Gasteiger partial charge in [0.15, 0.2) is 6.61 Å². The first-order chi connectivity index (χ1) is 12.3. The molecule has 26 heavy (non-hydrogen) atoms. The van der Waals surface area contributed by atoms with Gasteiger partial charge in [0.2, 0.25) is 0 Å². The first-order valence-electron chi connectivity index (χ1n) is 8.06. The van der Waals surface area contributed by atoms with E-state index in [-0.39, 0.29) is 18.1 Å². The Kier molecular flexibility index (Phi) is 6.58. The van der Waals surface area contributed by atoms with E-state index in [4.69, 9.17) is 16.3 Å². The van der Waals surface area contributed by atoms with Crippen molar-refractivity contribution in [2.45, 2.75) is 26.7 Å². The molecule has 0 unspecified atom stereocenters. The zero-order valence-corrected chi connectivity index (χ0v) is 15.5. The third-order valence-electron chi connectivity index (χ3n) is 3.71. The first kappa shape index (κ1) is 19.7. The smallest absolute Gasteiger partial charge is 0.276 e. The van der Waals surface area contributed by atoms with E-state index >= 15 is 0 Å². The number of hydrogen-bond donors (Lipinski definition) is 2. The molecular formula is C19H20ClFN2O3. The van der Waals surface area contributed by atoms with E-state index in [1.165, 1.54) is 18.2 Å². The van der Waals surface area contributed by atoms with Gasteiger partial charge in [-0.3, -0.25) is 20.4 Å². The van der Waals surface area contributed by atoms with Crippen LogP contribution in [0.2, 0.25) is 5.02 Å². The lowest BCUT2D eigenvalue weighted by Crippen LogP contribution is -2.44. The van der Waals surface area contributed by atoms with E-state index in [2.05, 4.69) is 10.9 Å². The maximum Gasteiger partial charge on any atom is 0.276 e. The zero-order valence-electron chi connectivity index (χ0n) is 14.7. The predicted molar refractivity (Wildman–Crippen MR) is 97.8 cm³/mol. The topological polar surface area (TPSA) is 67.4 Å². The van der Waals surface area contributed by atoms with Crippen LogP contribution >= 0.6 is 11.6 Å². The van der Waals surface area contributed by atoms with Crippen LogP contribution in [0.15, 0.2) is 36.4 Å². The molecule has 0 aliphatic rings. The van der Waals surface area contributed by atoms with Crippen LogP contribution < -0.4 is 15.6 Å². The van der Waals surface area contributed by atoms with E-state index in [9.17, 15) is 14.0 Å². The Morgan fingerprint density at radius 2 is 1.88 bits per heavy atom. The molecule has 5 nitrogen and oxygen atoms in total. The van der Waals surface area contributed by atoms with Crippen LogP contribution in [0, 0.1) is 12.7 Å². The van der Waals surface area contributed by atoms with E-state index in [1.807, 2.05) is 26.8 Å². The van der Waals surface area contributed by atoms with Gasteiger partial charge in [-0.2, -0.15) is 0 Å². The van der Waals surface area contributed by atoms with Crippen LogP contribution in [0.5, 0.6) is 5.75 Å². The number of carbonyl (C=O) groups is 2. The summed E-state index contributed by atoms with van der Waals surface area (Å²) in [6, 6.07) is 9.06. The summed E-state index contributed by atoms with van der Waals surface area (Å²) in [5, 5.41) is 0.627. The minimum Gasteiger partial charge on any atom is -0.483 e. The molecule has 0 radical (unpaired) electrons. The van der Waals surface area contributed by atoms with Crippen molar-refractivity contribution in [3.05, 3.63) is 63.9 Å². The molecule has 2 aromatic carbocycles. The van der Waals surface area contributed by atoms with Crippen molar-refractivity contribution in [1.82, 2.24) is 10.9 Å². The highest BCUT2D eigenvalue weighted by Gasteiger charge is 2.14. The van der Waals surface area contributed by atoms with Crippen LogP contribution in [0.4, 0.5) is 4.39 Å². The van der Waals surface area contributed by atoms with Crippen LogP contribution in [0.25, 0.3) is 0 Å². The standard InChI is InChI=1S/C19H20ClFN2O3/c1-11(2)14-9-15(20)12(3)8-17(14)26-10-18(24)22-23-19(25)13-6-4-5-7-16(13)21/h4-9,11H,10H2,1-3H3,(H,22,24)(H,23,25). The number of ether oxygens (including phenoxy) is 1. The summed E-state index contributed by atoms with van der Waals surface area (Å²) >= 11 is 6.14. The number of rotatable bonds is 5. The average Bonchev–Trinajstić information content (AvgIpc) is 2.60. The third-order valence-corrected chi connectivity index (χ3v) is 4.11. The number of aryl methyl sites for hydroxylation is 1. The number of carbonyl (C=O) groups excluding carboxylic acids is 2. The highest BCUT2D eigenvalue weighted by atomic mass is 35.5. The van der Waals surface area contributed by atoms with E-state index in [1.54, 1.807) is 6.07 Å². The maximum absolute atomic E-state index is 13.5. The molecule has 7 heteroatoms. The van der Waals surface area contributed by atoms with Gasteiger partial charge in [0, 0.05) is 5.02 Å². The van der Waals surface area contributed by atoms with E-state index < -0.39 is 17.6 Å².